The van der Waals surface area contributed by atoms with E-state index in [9.17, 15) is 4.79 Å². The van der Waals surface area contributed by atoms with Crippen molar-refractivity contribution in [1.82, 2.24) is 4.98 Å². The molecule has 2 heteroatoms. The molecule has 1 aromatic rings. The Kier molecular flexibility index (Phi) is 7.71. The van der Waals surface area contributed by atoms with Crippen LogP contribution in [0.2, 0.25) is 0 Å². The number of carbonyl (C=O) groups excluding carboxylic acids is 1. The van der Waals surface area contributed by atoms with Crippen molar-refractivity contribution < 1.29 is 4.79 Å². The Morgan fingerprint density at radius 2 is 2.07 bits per heavy atom. The summed E-state index contributed by atoms with van der Waals surface area (Å²) in [5.41, 5.74) is 1.82. The maximum atomic E-state index is 10.4. The van der Waals surface area contributed by atoms with Crippen molar-refractivity contribution in [2.75, 3.05) is 0 Å². The first-order valence-electron chi connectivity index (χ1n) is 5.26. The Labute approximate surface area is 86.4 Å². The zero-order valence-corrected chi connectivity index (χ0v) is 9.29. The van der Waals surface area contributed by atoms with Gasteiger partial charge < -0.3 is 0 Å². The van der Waals surface area contributed by atoms with Gasteiger partial charge in [-0.1, -0.05) is 27.2 Å². The lowest BCUT2D eigenvalue weighted by Gasteiger charge is -1.98. The van der Waals surface area contributed by atoms with Crippen molar-refractivity contribution >= 4 is 6.29 Å². The predicted molar refractivity (Wildman–Crippen MR) is 59.6 cm³/mol. The van der Waals surface area contributed by atoms with Crippen LogP contribution in [-0.2, 0) is 6.42 Å². The fourth-order valence-corrected chi connectivity index (χ4v) is 1.09. The molecule has 0 N–H and O–H groups in total. The molecular formula is C12H19NO. The molecule has 0 saturated heterocycles. The van der Waals surface area contributed by atoms with Gasteiger partial charge in [-0.15, -0.1) is 0 Å². The number of aromatic nitrogens is 1. The highest BCUT2D eigenvalue weighted by Crippen LogP contribution is 2.04. The molecular weight excluding hydrogens is 174 g/mol. The molecule has 78 valence electrons. The molecule has 0 aliphatic heterocycles. The zero-order chi connectivity index (χ0) is 10.8. The van der Waals surface area contributed by atoms with Crippen LogP contribution >= 0.6 is 0 Å². The summed E-state index contributed by atoms with van der Waals surface area (Å²) in [6.07, 6.45) is 7.59. The normalized spacial score (nSPS) is 8.79. The number of unbranched alkanes of at least 4 members (excludes halogenated alkanes) is 1. The fraction of sp³-hybridized carbons (Fsp3) is 0.500. The highest BCUT2D eigenvalue weighted by Gasteiger charge is 1.94. The molecule has 0 atom stereocenters. The van der Waals surface area contributed by atoms with Crippen molar-refractivity contribution in [3.63, 3.8) is 0 Å². The number of hydrogen-bond acceptors (Lipinski definition) is 2. The van der Waals surface area contributed by atoms with Crippen LogP contribution in [0, 0.1) is 0 Å². The molecule has 0 amide bonds. The van der Waals surface area contributed by atoms with Gasteiger partial charge in [0, 0.05) is 18.0 Å². The summed E-state index contributed by atoms with van der Waals surface area (Å²) in [5, 5.41) is 0. The van der Waals surface area contributed by atoms with Crippen molar-refractivity contribution in [2.45, 2.75) is 40.0 Å². The van der Waals surface area contributed by atoms with Crippen LogP contribution < -0.4 is 0 Å². The molecule has 0 aromatic carbocycles. The molecule has 0 unspecified atom stereocenters. The molecule has 2 nitrogen and oxygen atoms in total. The summed E-state index contributed by atoms with van der Waals surface area (Å²) < 4.78 is 0. The summed E-state index contributed by atoms with van der Waals surface area (Å²) >= 11 is 0. The quantitative estimate of drug-likeness (QED) is 0.687. The fourth-order valence-electron chi connectivity index (χ4n) is 1.09. The van der Waals surface area contributed by atoms with Gasteiger partial charge in [-0.2, -0.15) is 0 Å². The van der Waals surface area contributed by atoms with Crippen molar-refractivity contribution in [3.8, 4) is 0 Å². The maximum Gasteiger partial charge on any atom is 0.151 e. The highest BCUT2D eigenvalue weighted by molar-refractivity contribution is 5.74. The van der Waals surface area contributed by atoms with Crippen LogP contribution in [0.4, 0.5) is 0 Å². The average Bonchev–Trinajstić information content (AvgIpc) is 2.29. The SMILES string of the molecule is CC.CCCCc1cncc(C=O)c1. The van der Waals surface area contributed by atoms with Crippen LogP contribution in [0.1, 0.15) is 49.5 Å². The molecule has 0 aliphatic carbocycles. The highest BCUT2D eigenvalue weighted by atomic mass is 16.1. The van der Waals surface area contributed by atoms with Crippen LogP contribution in [0.5, 0.6) is 0 Å². The third-order valence-corrected chi connectivity index (χ3v) is 1.77. The third-order valence-electron chi connectivity index (χ3n) is 1.77. The van der Waals surface area contributed by atoms with Crippen LogP contribution in [0.15, 0.2) is 18.5 Å². The lowest BCUT2D eigenvalue weighted by atomic mass is 10.1. The molecule has 1 heterocycles. The van der Waals surface area contributed by atoms with E-state index in [-0.39, 0.29) is 0 Å². The third kappa shape index (κ3) is 4.75. The van der Waals surface area contributed by atoms with Gasteiger partial charge in [-0.05, 0) is 24.5 Å². The van der Waals surface area contributed by atoms with Crippen molar-refractivity contribution in [1.29, 1.82) is 0 Å². The van der Waals surface area contributed by atoms with Crippen molar-refractivity contribution in [2.24, 2.45) is 0 Å². The number of carbonyl (C=O) groups is 1. The van der Waals surface area contributed by atoms with E-state index < -0.39 is 0 Å². The molecule has 1 aromatic heterocycles. The van der Waals surface area contributed by atoms with E-state index in [1.54, 1.807) is 6.20 Å². The van der Waals surface area contributed by atoms with Gasteiger partial charge in [0.05, 0.1) is 0 Å². The van der Waals surface area contributed by atoms with E-state index in [1.807, 2.05) is 26.1 Å². The van der Waals surface area contributed by atoms with Crippen LogP contribution in [0.25, 0.3) is 0 Å². The lowest BCUT2D eigenvalue weighted by molar-refractivity contribution is 0.112. The molecule has 0 bridgehead atoms. The van der Waals surface area contributed by atoms with Gasteiger partial charge in [0.15, 0.2) is 6.29 Å². The van der Waals surface area contributed by atoms with E-state index in [4.69, 9.17) is 0 Å². The average molecular weight is 193 g/mol. The van der Waals surface area contributed by atoms with E-state index in [1.165, 1.54) is 6.42 Å². The minimum absolute atomic E-state index is 0.670. The van der Waals surface area contributed by atoms with Gasteiger partial charge in [0.25, 0.3) is 0 Å². The van der Waals surface area contributed by atoms with Gasteiger partial charge in [-0.25, -0.2) is 0 Å². The second kappa shape index (κ2) is 8.42. The van der Waals surface area contributed by atoms with E-state index in [2.05, 4.69) is 11.9 Å². The van der Waals surface area contributed by atoms with Gasteiger partial charge >= 0.3 is 0 Å². The first-order chi connectivity index (χ1) is 6.86. The number of aryl methyl sites for hydroxylation is 1. The standard InChI is InChI=1S/C10H13NO.C2H6/c1-2-3-4-9-5-10(8-12)7-11-6-9;1-2/h5-8H,2-4H2,1H3;1-2H3. The number of aldehydes is 1. The molecule has 0 spiro atoms. The first kappa shape index (κ1) is 12.8. The Morgan fingerprint density at radius 3 is 2.64 bits per heavy atom. The molecule has 0 saturated carbocycles. The van der Waals surface area contributed by atoms with E-state index >= 15 is 0 Å². The van der Waals surface area contributed by atoms with E-state index in [0.29, 0.717) is 5.56 Å². The molecule has 0 aliphatic rings. The molecule has 0 fully saturated rings. The summed E-state index contributed by atoms with van der Waals surface area (Å²) in [7, 11) is 0. The lowest BCUT2D eigenvalue weighted by Crippen LogP contribution is -1.89. The Bertz CT molecular complexity index is 258. The van der Waals surface area contributed by atoms with Gasteiger partial charge in [0.1, 0.15) is 0 Å². The summed E-state index contributed by atoms with van der Waals surface area (Å²) in [5.74, 6) is 0. The Morgan fingerprint density at radius 1 is 1.36 bits per heavy atom. The second-order valence-corrected chi connectivity index (χ2v) is 2.85. The van der Waals surface area contributed by atoms with Gasteiger partial charge in [0.2, 0.25) is 0 Å². The summed E-state index contributed by atoms with van der Waals surface area (Å²) in [6, 6.07) is 1.90. The monoisotopic (exact) mass is 193 g/mol. The molecule has 0 radical (unpaired) electrons. The number of hydrogen-bond donors (Lipinski definition) is 0. The predicted octanol–water partition coefficient (Wildman–Crippen LogP) is 3.26. The topological polar surface area (TPSA) is 30.0 Å². The summed E-state index contributed by atoms with van der Waals surface area (Å²) in [6.45, 7) is 6.15. The Hall–Kier alpha value is -1.18. The van der Waals surface area contributed by atoms with E-state index in [0.717, 1.165) is 24.7 Å². The first-order valence-corrected chi connectivity index (χ1v) is 5.26. The molecule has 1 rings (SSSR count). The Balaban J connectivity index is 0.000000791. The minimum atomic E-state index is 0.670. The number of rotatable bonds is 4. The second-order valence-electron chi connectivity index (χ2n) is 2.85. The van der Waals surface area contributed by atoms with Gasteiger partial charge in [-0.3, -0.25) is 9.78 Å². The summed E-state index contributed by atoms with van der Waals surface area (Å²) in [4.78, 5) is 14.4. The van der Waals surface area contributed by atoms with Crippen LogP contribution in [-0.4, -0.2) is 11.3 Å². The smallest absolute Gasteiger partial charge is 0.151 e. The van der Waals surface area contributed by atoms with Crippen LogP contribution in [0.3, 0.4) is 0 Å². The largest absolute Gasteiger partial charge is 0.298 e. The van der Waals surface area contributed by atoms with Crippen molar-refractivity contribution in [3.05, 3.63) is 29.6 Å². The zero-order valence-electron chi connectivity index (χ0n) is 9.29. The number of nitrogens with zero attached hydrogens (tertiary/aromatic N) is 1. The number of pyridine rings is 1. The minimum Gasteiger partial charge on any atom is -0.298 e. The maximum absolute atomic E-state index is 10.4. The molecule has 14 heavy (non-hydrogen) atoms.